The minimum absolute atomic E-state index is 0.0538. The standard InChI is InChI=1S/C13H16FN3O/c1-17-6-2-3-11(17)12-9-5-4-8(14)7-10(9)15-13(18)16-12/h4-5,7,11-12H,2-3,6H2,1H3,(H2,15,16,18). The SMILES string of the molecule is CN1CCCC1C1NC(=O)Nc2cc(F)ccc21. The number of benzene rings is 1. The van der Waals surface area contributed by atoms with Gasteiger partial charge in [0.05, 0.1) is 11.7 Å². The Balaban J connectivity index is 1.99. The molecular weight excluding hydrogens is 233 g/mol. The zero-order valence-electron chi connectivity index (χ0n) is 10.2. The molecule has 2 N–H and O–H groups in total. The first kappa shape index (κ1) is 11.5. The van der Waals surface area contributed by atoms with E-state index in [2.05, 4.69) is 22.6 Å². The summed E-state index contributed by atoms with van der Waals surface area (Å²) in [5, 5.41) is 5.61. The van der Waals surface area contributed by atoms with Gasteiger partial charge in [0, 0.05) is 6.04 Å². The van der Waals surface area contributed by atoms with E-state index >= 15 is 0 Å². The number of amides is 2. The van der Waals surface area contributed by atoms with Gasteiger partial charge in [-0.2, -0.15) is 0 Å². The molecule has 1 fully saturated rings. The molecule has 96 valence electrons. The molecular formula is C13H16FN3O. The largest absolute Gasteiger partial charge is 0.329 e. The van der Waals surface area contributed by atoms with E-state index in [1.807, 2.05) is 0 Å². The summed E-state index contributed by atoms with van der Waals surface area (Å²) in [6.45, 7) is 1.04. The Morgan fingerprint density at radius 3 is 3.00 bits per heavy atom. The Kier molecular flexibility index (Phi) is 2.70. The second kappa shape index (κ2) is 4.24. The van der Waals surface area contributed by atoms with Crippen LogP contribution in [0.1, 0.15) is 24.4 Å². The highest BCUT2D eigenvalue weighted by Crippen LogP contribution is 2.35. The molecule has 0 bridgehead atoms. The van der Waals surface area contributed by atoms with Crippen molar-refractivity contribution in [2.75, 3.05) is 18.9 Å². The van der Waals surface area contributed by atoms with Gasteiger partial charge in [0.1, 0.15) is 5.82 Å². The lowest BCUT2D eigenvalue weighted by Gasteiger charge is -2.34. The van der Waals surface area contributed by atoms with Gasteiger partial charge in [0.25, 0.3) is 0 Å². The van der Waals surface area contributed by atoms with Gasteiger partial charge in [-0.25, -0.2) is 9.18 Å². The maximum atomic E-state index is 13.2. The number of halogens is 1. The van der Waals surface area contributed by atoms with Crippen molar-refractivity contribution in [3.63, 3.8) is 0 Å². The fraction of sp³-hybridized carbons (Fsp3) is 0.462. The fourth-order valence-corrected chi connectivity index (χ4v) is 2.95. The Bertz CT molecular complexity index is 491. The van der Waals surface area contributed by atoms with Crippen LogP contribution in [-0.4, -0.2) is 30.6 Å². The molecule has 2 amide bonds. The molecule has 2 unspecified atom stereocenters. The Hall–Kier alpha value is -1.62. The highest BCUT2D eigenvalue weighted by Gasteiger charge is 2.35. The number of nitrogens with zero attached hydrogens (tertiary/aromatic N) is 1. The van der Waals surface area contributed by atoms with Crippen LogP contribution in [0, 0.1) is 5.82 Å². The molecule has 0 spiro atoms. The van der Waals surface area contributed by atoms with Crippen LogP contribution in [0.3, 0.4) is 0 Å². The molecule has 4 nitrogen and oxygen atoms in total. The number of anilines is 1. The van der Waals surface area contributed by atoms with E-state index < -0.39 is 0 Å². The van der Waals surface area contributed by atoms with Gasteiger partial charge in [-0.15, -0.1) is 0 Å². The normalized spacial score (nSPS) is 27.6. The third-order valence-electron chi connectivity index (χ3n) is 3.85. The van der Waals surface area contributed by atoms with Gasteiger partial charge >= 0.3 is 6.03 Å². The van der Waals surface area contributed by atoms with Crippen molar-refractivity contribution in [2.45, 2.75) is 24.9 Å². The molecule has 18 heavy (non-hydrogen) atoms. The van der Waals surface area contributed by atoms with Gasteiger partial charge in [-0.3, -0.25) is 0 Å². The molecule has 2 heterocycles. The van der Waals surface area contributed by atoms with E-state index in [0.29, 0.717) is 11.7 Å². The lowest BCUT2D eigenvalue weighted by molar-refractivity contribution is 0.222. The highest BCUT2D eigenvalue weighted by molar-refractivity contribution is 5.93. The number of rotatable bonds is 1. The van der Waals surface area contributed by atoms with E-state index in [4.69, 9.17) is 0 Å². The number of urea groups is 1. The minimum atomic E-state index is -0.325. The van der Waals surface area contributed by atoms with Crippen LogP contribution in [0.5, 0.6) is 0 Å². The summed E-state index contributed by atoms with van der Waals surface area (Å²) in [4.78, 5) is 13.9. The molecule has 0 aliphatic carbocycles. The Labute approximate surface area is 105 Å². The van der Waals surface area contributed by atoms with E-state index in [9.17, 15) is 9.18 Å². The molecule has 3 rings (SSSR count). The number of likely N-dealkylation sites (N-methyl/N-ethyl adjacent to an activating group) is 1. The average Bonchev–Trinajstić information content (AvgIpc) is 2.73. The molecule has 1 saturated heterocycles. The van der Waals surface area contributed by atoms with Crippen molar-refractivity contribution in [2.24, 2.45) is 0 Å². The number of carbonyl (C=O) groups excluding carboxylic acids is 1. The lowest BCUT2D eigenvalue weighted by atomic mass is 9.94. The van der Waals surface area contributed by atoms with Crippen LogP contribution in [-0.2, 0) is 0 Å². The quantitative estimate of drug-likeness (QED) is 0.800. The van der Waals surface area contributed by atoms with Crippen LogP contribution in [0.4, 0.5) is 14.9 Å². The lowest BCUT2D eigenvalue weighted by Crippen LogP contribution is -2.46. The topological polar surface area (TPSA) is 44.4 Å². The van der Waals surface area contributed by atoms with E-state index in [0.717, 1.165) is 24.9 Å². The third kappa shape index (κ3) is 1.84. The second-order valence-corrected chi connectivity index (χ2v) is 5.00. The van der Waals surface area contributed by atoms with Crippen LogP contribution in [0.2, 0.25) is 0 Å². The molecule has 2 aliphatic heterocycles. The van der Waals surface area contributed by atoms with Crippen molar-refractivity contribution in [3.8, 4) is 0 Å². The van der Waals surface area contributed by atoms with Crippen molar-refractivity contribution in [1.29, 1.82) is 0 Å². The summed E-state index contributed by atoms with van der Waals surface area (Å²) < 4.78 is 13.2. The summed E-state index contributed by atoms with van der Waals surface area (Å²) in [6.07, 6.45) is 2.19. The molecule has 2 aliphatic rings. The number of nitrogens with one attached hydrogen (secondary N) is 2. The van der Waals surface area contributed by atoms with Crippen molar-refractivity contribution in [1.82, 2.24) is 10.2 Å². The third-order valence-corrected chi connectivity index (χ3v) is 3.85. The summed E-state index contributed by atoms with van der Waals surface area (Å²) in [6, 6.07) is 4.57. The smallest absolute Gasteiger partial charge is 0.319 e. The number of fused-ring (bicyclic) bond motifs is 1. The average molecular weight is 249 g/mol. The highest BCUT2D eigenvalue weighted by atomic mass is 19.1. The van der Waals surface area contributed by atoms with Crippen molar-refractivity contribution < 1.29 is 9.18 Å². The first-order chi connectivity index (χ1) is 8.65. The first-order valence-electron chi connectivity index (χ1n) is 6.22. The first-order valence-corrected chi connectivity index (χ1v) is 6.22. The number of hydrogen-bond acceptors (Lipinski definition) is 2. The number of hydrogen-bond donors (Lipinski definition) is 2. The summed E-state index contributed by atoms with van der Waals surface area (Å²) in [7, 11) is 2.06. The van der Waals surface area contributed by atoms with Gasteiger partial charge in [-0.1, -0.05) is 6.07 Å². The monoisotopic (exact) mass is 249 g/mol. The fourth-order valence-electron chi connectivity index (χ4n) is 2.95. The maximum absolute atomic E-state index is 13.2. The summed E-state index contributed by atoms with van der Waals surface area (Å²) in [5.74, 6) is -0.325. The van der Waals surface area contributed by atoms with E-state index in [1.54, 1.807) is 6.07 Å². The van der Waals surface area contributed by atoms with Crippen LogP contribution in [0.25, 0.3) is 0 Å². The maximum Gasteiger partial charge on any atom is 0.319 e. The zero-order valence-corrected chi connectivity index (χ0v) is 10.2. The number of carbonyl (C=O) groups is 1. The van der Waals surface area contributed by atoms with Crippen LogP contribution < -0.4 is 10.6 Å². The molecule has 0 aromatic heterocycles. The summed E-state index contributed by atoms with van der Waals surface area (Å²) in [5.41, 5.74) is 1.55. The summed E-state index contributed by atoms with van der Waals surface area (Å²) >= 11 is 0. The minimum Gasteiger partial charge on any atom is -0.329 e. The zero-order chi connectivity index (χ0) is 12.7. The predicted molar refractivity (Wildman–Crippen MR) is 66.9 cm³/mol. The molecule has 5 heteroatoms. The van der Waals surface area contributed by atoms with E-state index in [-0.39, 0.29) is 17.9 Å². The van der Waals surface area contributed by atoms with Crippen LogP contribution >= 0.6 is 0 Å². The van der Waals surface area contributed by atoms with E-state index in [1.165, 1.54) is 12.1 Å². The van der Waals surface area contributed by atoms with Gasteiger partial charge in [-0.05, 0) is 44.1 Å². The van der Waals surface area contributed by atoms with Crippen LogP contribution in [0.15, 0.2) is 18.2 Å². The Morgan fingerprint density at radius 1 is 1.44 bits per heavy atom. The molecule has 1 aromatic carbocycles. The van der Waals surface area contributed by atoms with Gasteiger partial charge in [0.2, 0.25) is 0 Å². The second-order valence-electron chi connectivity index (χ2n) is 5.00. The number of likely N-dealkylation sites (tertiary alicyclic amines) is 1. The Morgan fingerprint density at radius 2 is 2.28 bits per heavy atom. The van der Waals surface area contributed by atoms with Crippen molar-refractivity contribution in [3.05, 3.63) is 29.6 Å². The van der Waals surface area contributed by atoms with Crippen molar-refractivity contribution >= 4 is 11.7 Å². The van der Waals surface area contributed by atoms with Gasteiger partial charge < -0.3 is 15.5 Å². The predicted octanol–water partition coefficient (Wildman–Crippen LogP) is 2.10. The molecule has 1 aromatic rings. The molecule has 2 atom stereocenters. The van der Waals surface area contributed by atoms with Gasteiger partial charge in [0.15, 0.2) is 0 Å². The molecule has 0 saturated carbocycles. The molecule has 0 radical (unpaired) electrons.